The largest absolute Gasteiger partial charge is 0.469 e. The van der Waals surface area contributed by atoms with Crippen LogP contribution in [-0.4, -0.2) is 101 Å². The summed E-state index contributed by atoms with van der Waals surface area (Å²) in [6.45, 7) is 9.08. The van der Waals surface area contributed by atoms with E-state index >= 15 is 0 Å². The van der Waals surface area contributed by atoms with Crippen LogP contribution in [0.5, 0.6) is 0 Å². The number of fused-ring (bicyclic) bond motifs is 8. The minimum Gasteiger partial charge on any atom is -0.469 e. The summed E-state index contributed by atoms with van der Waals surface area (Å²) in [4.78, 5) is 49.5. The fraction of sp³-hybridized carbons (Fsp3) is 0.800. The van der Waals surface area contributed by atoms with Crippen molar-refractivity contribution >= 4 is 23.9 Å². The Balaban J connectivity index is 1.51. The highest BCUT2D eigenvalue weighted by molar-refractivity contribution is 5.70. The van der Waals surface area contributed by atoms with Gasteiger partial charge < -0.3 is 40.2 Å². The second-order valence-corrected chi connectivity index (χ2v) is 16.1. The fourth-order valence-corrected chi connectivity index (χ4v) is 10.5. The monoisotopic (exact) mass is 728 g/mol. The normalized spacial score (nSPS) is 35.8. The van der Waals surface area contributed by atoms with Crippen LogP contribution >= 0.6 is 0 Å². The van der Waals surface area contributed by atoms with Gasteiger partial charge in [0.1, 0.15) is 0 Å². The second kappa shape index (κ2) is 18.0. The summed E-state index contributed by atoms with van der Waals surface area (Å²) in [5.41, 5.74) is 5.20. The minimum absolute atomic E-state index is 0.0843. The maximum atomic E-state index is 12.4. The smallest absolute Gasteiger partial charge is 0.305 e. The van der Waals surface area contributed by atoms with E-state index in [1.54, 1.807) is 0 Å². The molecular formula is C40H64N4O8. The highest BCUT2D eigenvalue weighted by Gasteiger charge is 2.48. The van der Waals surface area contributed by atoms with E-state index in [9.17, 15) is 19.2 Å². The number of hydrogen-bond donors (Lipinski definition) is 4. The van der Waals surface area contributed by atoms with Crippen LogP contribution < -0.4 is 21.3 Å². The van der Waals surface area contributed by atoms with Crippen LogP contribution in [-0.2, 0) is 38.1 Å². The van der Waals surface area contributed by atoms with Gasteiger partial charge in [-0.2, -0.15) is 0 Å². The van der Waals surface area contributed by atoms with E-state index in [0.29, 0.717) is 56.3 Å². The van der Waals surface area contributed by atoms with Crippen molar-refractivity contribution in [1.29, 1.82) is 0 Å². The highest BCUT2D eigenvalue weighted by atomic mass is 16.5. The van der Waals surface area contributed by atoms with Gasteiger partial charge in [-0.3, -0.25) is 19.2 Å². The van der Waals surface area contributed by atoms with Gasteiger partial charge >= 0.3 is 23.9 Å². The quantitative estimate of drug-likeness (QED) is 0.131. The molecule has 5 rings (SSSR count). The summed E-state index contributed by atoms with van der Waals surface area (Å²) in [7, 11) is 5.79. The maximum Gasteiger partial charge on any atom is 0.305 e. The average molecular weight is 729 g/mol. The van der Waals surface area contributed by atoms with Crippen LogP contribution in [0, 0.1) is 23.7 Å². The molecule has 0 aromatic rings. The predicted octanol–water partition coefficient (Wildman–Crippen LogP) is 3.87. The topological polar surface area (TPSA) is 153 Å². The van der Waals surface area contributed by atoms with E-state index in [-0.39, 0.29) is 78.1 Å². The number of rotatable bonds is 12. The fourth-order valence-electron chi connectivity index (χ4n) is 10.5. The van der Waals surface area contributed by atoms with Gasteiger partial charge in [0.15, 0.2) is 0 Å². The Kier molecular flexibility index (Phi) is 14.0. The lowest BCUT2D eigenvalue weighted by molar-refractivity contribution is -0.141. The number of carbonyl (C=O) groups excluding carboxylic acids is 4. The van der Waals surface area contributed by atoms with Crippen LogP contribution in [0.4, 0.5) is 0 Å². The molecular weight excluding hydrogens is 664 g/mol. The Morgan fingerprint density at radius 3 is 1.21 bits per heavy atom. The van der Waals surface area contributed by atoms with E-state index in [4.69, 9.17) is 18.9 Å². The second-order valence-electron chi connectivity index (χ2n) is 16.1. The third-order valence-electron chi connectivity index (χ3n) is 13.6. The molecule has 5 aliphatic heterocycles. The van der Waals surface area contributed by atoms with E-state index in [1.165, 1.54) is 50.7 Å². The van der Waals surface area contributed by atoms with Gasteiger partial charge in [-0.15, -0.1) is 0 Å². The molecule has 12 atom stereocenters. The van der Waals surface area contributed by atoms with Crippen LogP contribution in [0.1, 0.15) is 105 Å². The van der Waals surface area contributed by atoms with Crippen LogP contribution in [0.3, 0.4) is 0 Å². The lowest BCUT2D eigenvalue weighted by Crippen LogP contribution is -2.46. The first-order valence-corrected chi connectivity index (χ1v) is 19.6. The minimum atomic E-state index is -0.208. The highest BCUT2D eigenvalue weighted by Crippen LogP contribution is 2.43. The van der Waals surface area contributed by atoms with E-state index in [1.807, 2.05) is 0 Å². The number of methoxy groups -OCH3 is 4. The lowest BCUT2D eigenvalue weighted by Gasteiger charge is -2.28. The van der Waals surface area contributed by atoms with Crippen molar-refractivity contribution in [2.75, 3.05) is 28.4 Å². The first-order chi connectivity index (χ1) is 24.9. The van der Waals surface area contributed by atoms with Crippen molar-refractivity contribution < 1.29 is 38.1 Å². The molecule has 0 amide bonds. The van der Waals surface area contributed by atoms with Gasteiger partial charge in [-0.1, -0.05) is 36.1 Å². The molecule has 5 heterocycles. The van der Waals surface area contributed by atoms with Crippen LogP contribution in [0.2, 0.25) is 0 Å². The molecule has 4 N–H and O–H groups in total. The van der Waals surface area contributed by atoms with Crippen molar-refractivity contribution in [1.82, 2.24) is 21.3 Å². The average Bonchev–Trinajstić information content (AvgIpc) is 3.80. The van der Waals surface area contributed by atoms with Crippen molar-refractivity contribution in [3.63, 3.8) is 0 Å². The predicted molar refractivity (Wildman–Crippen MR) is 197 cm³/mol. The molecule has 3 fully saturated rings. The zero-order chi connectivity index (χ0) is 37.7. The number of esters is 4. The number of carbonyl (C=O) groups is 4. The molecule has 0 spiro atoms. The van der Waals surface area contributed by atoms with Gasteiger partial charge in [-0.25, -0.2) is 0 Å². The molecule has 12 nitrogen and oxygen atoms in total. The Hall–Kier alpha value is -2.80. The SMILES string of the molecule is COC(=O)CCC1=C(C)C2CC3NC(CC4NC(CC5NC(CC1N2)C(C)C5CCC(=O)OC)C(CCC(=O)OC)=C4C)C(C)C3CCC(=O)OC. The summed E-state index contributed by atoms with van der Waals surface area (Å²) >= 11 is 0. The zero-order valence-corrected chi connectivity index (χ0v) is 32.7. The van der Waals surface area contributed by atoms with Crippen molar-refractivity contribution in [3.05, 3.63) is 22.3 Å². The van der Waals surface area contributed by atoms with E-state index < -0.39 is 0 Å². The van der Waals surface area contributed by atoms with Gasteiger partial charge in [0.2, 0.25) is 0 Å². The summed E-state index contributed by atoms with van der Waals surface area (Å²) in [5, 5.41) is 16.2. The molecule has 0 radical (unpaired) electrons. The van der Waals surface area contributed by atoms with Crippen molar-refractivity contribution in [2.24, 2.45) is 23.7 Å². The molecule has 12 unspecified atom stereocenters. The van der Waals surface area contributed by atoms with E-state index in [0.717, 1.165) is 38.5 Å². The Labute approximate surface area is 310 Å². The van der Waals surface area contributed by atoms with Gasteiger partial charge in [0.05, 0.1) is 28.4 Å². The number of hydrogen-bond acceptors (Lipinski definition) is 12. The first-order valence-electron chi connectivity index (χ1n) is 19.6. The summed E-state index contributed by atoms with van der Waals surface area (Å²) in [6.07, 6.45) is 7.72. The molecule has 292 valence electrons. The summed E-state index contributed by atoms with van der Waals surface area (Å²) in [5.74, 6) is 0.408. The standard InChI is InChI=1S/C40H64N4O8/c1-21-25(9-13-37(45)49-5)33-18-31-23(3)26(10-14-38(46)50-6)34(43-31)19-32-24(4)28(12-16-40(48)52-8)36(44-32)20-35-27(11-15-39(47)51-7)22(2)30(42-35)17-29(21)41-33/h21,24-25,28-36,41-44H,9-20H2,1-8H3. The summed E-state index contributed by atoms with van der Waals surface area (Å²) in [6, 6.07) is 1.24. The molecule has 12 heteroatoms. The zero-order valence-electron chi connectivity index (χ0n) is 32.7. The third kappa shape index (κ3) is 9.10. The number of nitrogens with one attached hydrogen (secondary N) is 4. The van der Waals surface area contributed by atoms with Crippen molar-refractivity contribution in [2.45, 2.75) is 153 Å². The number of ether oxygens (including phenoxy) is 4. The van der Waals surface area contributed by atoms with Crippen LogP contribution in [0.25, 0.3) is 0 Å². The molecule has 5 aliphatic rings. The summed E-state index contributed by atoms with van der Waals surface area (Å²) < 4.78 is 20.2. The van der Waals surface area contributed by atoms with E-state index in [2.05, 4.69) is 49.0 Å². The molecule has 8 bridgehead atoms. The van der Waals surface area contributed by atoms with Gasteiger partial charge in [0, 0.05) is 74.0 Å². The van der Waals surface area contributed by atoms with Crippen LogP contribution in [0.15, 0.2) is 22.3 Å². The molecule has 0 aliphatic carbocycles. The van der Waals surface area contributed by atoms with Gasteiger partial charge in [-0.05, 0) is 88.9 Å². The maximum absolute atomic E-state index is 12.4. The first kappa shape index (κ1) is 40.4. The Bertz CT molecular complexity index is 1380. The Morgan fingerprint density at radius 1 is 0.500 bits per heavy atom. The molecule has 3 saturated heterocycles. The lowest BCUT2D eigenvalue weighted by atomic mass is 9.80. The molecule has 0 saturated carbocycles. The molecule has 0 aromatic carbocycles. The molecule has 52 heavy (non-hydrogen) atoms. The third-order valence-corrected chi connectivity index (χ3v) is 13.6. The Morgan fingerprint density at radius 2 is 0.827 bits per heavy atom. The van der Waals surface area contributed by atoms with Gasteiger partial charge in [0.25, 0.3) is 0 Å². The van der Waals surface area contributed by atoms with Crippen molar-refractivity contribution in [3.8, 4) is 0 Å². The molecule has 0 aromatic heterocycles.